The number of amides is 1. The van der Waals surface area contributed by atoms with Crippen LogP contribution in [0.3, 0.4) is 0 Å². The molecule has 0 atom stereocenters. The van der Waals surface area contributed by atoms with Gasteiger partial charge < -0.3 is 10.2 Å². The van der Waals surface area contributed by atoms with E-state index in [1.807, 2.05) is 0 Å². The standard InChI is InChI=1S/C18H27Cl2N3O3S/c1-2-3-4-14-27(25,26)23-12-10-22(11-13-23)9-8-17(24)21-18-15(19)6-5-7-16(18)20/h5-7H,2-4,8-14H2,1H3,(H,21,24). The van der Waals surface area contributed by atoms with Crippen molar-refractivity contribution in [3.05, 3.63) is 28.2 Å². The van der Waals surface area contributed by atoms with Crippen LogP contribution in [-0.2, 0) is 14.8 Å². The first-order valence-electron chi connectivity index (χ1n) is 9.27. The molecule has 1 aromatic carbocycles. The molecular weight excluding hydrogens is 409 g/mol. The lowest BCUT2D eigenvalue weighted by Crippen LogP contribution is -2.49. The Bertz CT molecular complexity index is 715. The van der Waals surface area contributed by atoms with Crippen LogP contribution in [0.15, 0.2) is 18.2 Å². The highest BCUT2D eigenvalue weighted by Gasteiger charge is 2.26. The second-order valence-corrected chi connectivity index (χ2v) is 9.56. The van der Waals surface area contributed by atoms with Crippen LogP contribution >= 0.6 is 23.2 Å². The molecule has 1 aliphatic rings. The number of hydrogen-bond donors (Lipinski definition) is 1. The summed E-state index contributed by atoms with van der Waals surface area (Å²) < 4.78 is 26.2. The number of nitrogens with zero attached hydrogens (tertiary/aromatic N) is 2. The average molecular weight is 436 g/mol. The molecule has 27 heavy (non-hydrogen) atoms. The highest BCUT2D eigenvalue weighted by molar-refractivity contribution is 7.89. The van der Waals surface area contributed by atoms with Crippen LogP contribution in [0, 0.1) is 0 Å². The largest absolute Gasteiger partial charge is 0.324 e. The lowest BCUT2D eigenvalue weighted by Gasteiger charge is -2.33. The lowest BCUT2D eigenvalue weighted by molar-refractivity contribution is -0.116. The third-order valence-electron chi connectivity index (χ3n) is 4.61. The van der Waals surface area contributed by atoms with Crippen LogP contribution in [0.4, 0.5) is 5.69 Å². The molecule has 1 heterocycles. The van der Waals surface area contributed by atoms with Crippen molar-refractivity contribution in [2.75, 3.05) is 43.8 Å². The Morgan fingerprint density at radius 2 is 1.74 bits per heavy atom. The first kappa shape index (κ1) is 22.4. The third-order valence-corrected chi connectivity index (χ3v) is 7.20. The van der Waals surface area contributed by atoms with Gasteiger partial charge in [-0.15, -0.1) is 0 Å². The van der Waals surface area contributed by atoms with Crippen molar-refractivity contribution < 1.29 is 13.2 Å². The molecule has 6 nitrogen and oxygen atoms in total. The van der Waals surface area contributed by atoms with Crippen molar-refractivity contribution in [2.45, 2.75) is 32.6 Å². The van der Waals surface area contributed by atoms with E-state index in [0.29, 0.717) is 61.3 Å². The molecule has 0 aromatic heterocycles. The van der Waals surface area contributed by atoms with Crippen LogP contribution in [-0.4, -0.2) is 62.0 Å². The van der Waals surface area contributed by atoms with Crippen molar-refractivity contribution in [1.82, 2.24) is 9.21 Å². The molecule has 0 aliphatic carbocycles. The van der Waals surface area contributed by atoms with E-state index in [9.17, 15) is 13.2 Å². The summed E-state index contributed by atoms with van der Waals surface area (Å²) in [6, 6.07) is 5.06. The van der Waals surface area contributed by atoms with E-state index in [0.717, 1.165) is 12.8 Å². The summed E-state index contributed by atoms with van der Waals surface area (Å²) in [6.45, 7) is 4.85. The van der Waals surface area contributed by atoms with E-state index < -0.39 is 10.0 Å². The number of unbranched alkanes of at least 4 members (excludes halogenated alkanes) is 2. The lowest BCUT2D eigenvalue weighted by atomic mass is 10.2. The third kappa shape index (κ3) is 6.91. The van der Waals surface area contributed by atoms with E-state index in [-0.39, 0.29) is 11.7 Å². The Balaban J connectivity index is 1.75. The van der Waals surface area contributed by atoms with Crippen molar-refractivity contribution in [3.63, 3.8) is 0 Å². The molecule has 1 N–H and O–H groups in total. The second kappa shape index (κ2) is 10.6. The summed E-state index contributed by atoms with van der Waals surface area (Å²) in [5.41, 5.74) is 0.425. The van der Waals surface area contributed by atoms with Crippen LogP contribution in [0.25, 0.3) is 0 Å². The predicted molar refractivity (Wildman–Crippen MR) is 111 cm³/mol. The topological polar surface area (TPSA) is 69.7 Å². The molecule has 0 radical (unpaired) electrons. The van der Waals surface area contributed by atoms with E-state index in [2.05, 4.69) is 17.1 Å². The van der Waals surface area contributed by atoms with Gasteiger partial charge in [-0.1, -0.05) is 49.0 Å². The predicted octanol–water partition coefficient (Wildman–Crippen LogP) is 3.46. The Labute approximate surface area is 171 Å². The van der Waals surface area contributed by atoms with Gasteiger partial charge in [0, 0.05) is 39.1 Å². The number of benzene rings is 1. The normalized spacial score (nSPS) is 16.4. The van der Waals surface area contributed by atoms with Crippen molar-refractivity contribution >= 4 is 44.8 Å². The quantitative estimate of drug-likeness (QED) is 0.602. The van der Waals surface area contributed by atoms with Gasteiger partial charge in [0.25, 0.3) is 0 Å². The number of rotatable bonds is 9. The fraction of sp³-hybridized carbons (Fsp3) is 0.611. The minimum absolute atomic E-state index is 0.167. The molecule has 0 spiro atoms. The van der Waals surface area contributed by atoms with Gasteiger partial charge in [-0.05, 0) is 18.6 Å². The minimum Gasteiger partial charge on any atom is -0.324 e. The van der Waals surface area contributed by atoms with E-state index in [1.165, 1.54) is 0 Å². The Morgan fingerprint density at radius 1 is 1.11 bits per heavy atom. The molecule has 0 bridgehead atoms. The van der Waals surface area contributed by atoms with Crippen LogP contribution in [0.2, 0.25) is 10.0 Å². The summed E-state index contributed by atoms with van der Waals surface area (Å²) in [4.78, 5) is 14.3. The minimum atomic E-state index is -3.16. The van der Waals surface area contributed by atoms with Crippen LogP contribution < -0.4 is 5.32 Å². The number of anilines is 1. The Morgan fingerprint density at radius 3 is 2.33 bits per heavy atom. The van der Waals surface area contributed by atoms with E-state index in [1.54, 1.807) is 22.5 Å². The molecule has 0 unspecified atom stereocenters. The van der Waals surface area contributed by atoms with Gasteiger partial charge in [-0.2, -0.15) is 4.31 Å². The number of sulfonamides is 1. The van der Waals surface area contributed by atoms with Gasteiger partial charge in [0.2, 0.25) is 15.9 Å². The van der Waals surface area contributed by atoms with E-state index >= 15 is 0 Å². The number of piperazine rings is 1. The number of carbonyl (C=O) groups excluding carboxylic acids is 1. The van der Waals surface area contributed by atoms with Crippen molar-refractivity contribution in [3.8, 4) is 0 Å². The van der Waals surface area contributed by atoms with Gasteiger partial charge in [0.05, 0.1) is 21.5 Å². The molecular formula is C18H27Cl2N3O3S. The number of para-hydroxylation sites is 1. The molecule has 1 amide bonds. The Hall–Kier alpha value is -0.860. The molecule has 1 aliphatic heterocycles. The van der Waals surface area contributed by atoms with E-state index in [4.69, 9.17) is 23.2 Å². The van der Waals surface area contributed by atoms with Crippen molar-refractivity contribution in [1.29, 1.82) is 0 Å². The second-order valence-electron chi connectivity index (χ2n) is 6.66. The highest BCUT2D eigenvalue weighted by Crippen LogP contribution is 2.29. The SMILES string of the molecule is CCCCCS(=O)(=O)N1CCN(CCC(=O)Nc2c(Cl)cccc2Cl)CC1. The Kier molecular flexibility index (Phi) is 8.82. The molecule has 1 saturated heterocycles. The fourth-order valence-electron chi connectivity index (χ4n) is 2.97. The van der Waals surface area contributed by atoms with Crippen molar-refractivity contribution in [2.24, 2.45) is 0 Å². The number of halogens is 2. The summed E-state index contributed by atoms with van der Waals surface area (Å²) in [7, 11) is -3.16. The number of nitrogens with one attached hydrogen (secondary N) is 1. The van der Waals surface area contributed by atoms with Gasteiger partial charge >= 0.3 is 0 Å². The van der Waals surface area contributed by atoms with Crippen LogP contribution in [0.5, 0.6) is 0 Å². The van der Waals surface area contributed by atoms with Gasteiger partial charge in [-0.25, -0.2) is 8.42 Å². The maximum absolute atomic E-state index is 12.3. The summed E-state index contributed by atoms with van der Waals surface area (Å²) in [5, 5.41) is 3.55. The zero-order valence-electron chi connectivity index (χ0n) is 15.6. The monoisotopic (exact) mass is 435 g/mol. The number of hydrogen-bond acceptors (Lipinski definition) is 4. The summed E-state index contributed by atoms with van der Waals surface area (Å²) in [6.07, 6.45) is 2.95. The first-order chi connectivity index (χ1) is 12.8. The fourth-order valence-corrected chi connectivity index (χ4v) is 5.01. The zero-order valence-corrected chi connectivity index (χ0v) is 17.9. The molecule has 1 fully saturated rings. The smallest absolute Gasteiger partial charge is 0.225 e. The highest BCUT2D eigenvalue weighted by atomic mass is 35.5. The molecule has 0 saturated carbocycles. The summed E-state index contributed by atoms with van der Waals surface area (Å²) in [5.74, 6) is 0.0570. The van der Waals surface area contributed by atoms with Gasteiger partial charge in [0.1, 0.15) is 0 Å². The zero-order chi connectivity index (χ0) is 19.9. The summed E-state index contributed by atoms with van der Waals surface area (Å²) >= 11 is 12.1. The molecule has 2 rings (SSSR count). The maximum atomic E-state index is 12.3. The van der Waals surface area contributed by atoms with Gasteiger partial charge in [0.15, 0.2) is 0 Å². The van der Waals surface area contributed by atoms with Gasteiger partial charge in [-0.3, -0.25) is 4.79 Å². The average Bonchev–Trinajstić information content (AvgIpc) is 2.64. The molecule has 1 aromatic rings. The molecule has 152 valence electrons. The molecule has 9 heteroatoms. The number of carbonyl (C=O) groups is 1. The first-order valence-corrected chi connectivity index (χ1v) is 11.6. The van der Waals surface area contributed by atoms with Crippen LogP contribution in [0.1, 0.15) is 32.6 Å². The maximum Gasteiger partial charge on any atom is 0.225 e.